The van der Waals surface area contributed by atoms with Gasteiger partial charge in [-0.25, -0.2) is 0 Å². The summed E-state index contributed by atoms with van der Waals surface area (Å²) in [5, 5.41) is 5.73. The van der Waals surface area contributed by atoms with E-state index in [0.717, 1.165) is 17.7 Å². The fourth-order valence-corrected chi connectivity index (χ4v) is 2.55. The first-order chi connectivity index (χ1) is 11.5. The van der Waals surface area contributed by atoms with E-state index in [1.165, 1.54) is 11.1 Å². The van der Waals surface area contributed by atoms with Crippen molar-refractivity contribution in [3.05, 3.63) is 64.7 Å². The number of anilines is 1. The third kappa shape index (κ3) is 5.12. The van der Waals surface area contributed by atoms with Gasteiger partial charge in [0, 0.05) is 24.8 Å². The largest absolute Gasteiger partial charge is 0.370 e. The van der Waals surface area contributed by atoms with Crippen LogP contribution in [0.25, 0.3) is 0 Å². The lowest BCUT2D eigenvalue weighted by molar-refractivity contribution is 0.0963. The van der Waals surface area contributed by atoms with Crippen LogP contribution in [0.3, 0.4) is 0 Å². The zero-order chi connectivity index (χ0) is 17.5. The maximum atomic E-state index is 11.6. The maximum absolute atomic E-state index is 11.6. The molecule has 0 atom stereocenters. The molecule has 0 spiro atoms. The van der Waals surface area contributed by atoms with Crippen molar-refractivity contribution in [1.82, 2.24) is 5.32 Å². The summed E-state index contributed by atoms with van der Waals surface area (Å²) in [5.41, 5.74) is 10.9. The second kappa shape index (κ2) is 8.15. The molecule has 2 aromatic rings. The molecule has 0 unspecified atom stereocenters. The molecular weight excluding hydrogens is 300 g/mol. The zero-order valence-electron chi connectivity index (χ0n) is 14.4. The number of nitrogens with one attached hydrogen (secondary N) is 2. The number of carbonyl (C=O) groups is 1. The molecule has 0 aromatic heterocycles. The van der Waals surface area contributed by atoms with E-state index in [2.05, 4.69) is 21.7 Å². The van der Waals surface area contributed by atoms with Crippen LogP contribution < -0.4 is 16.4 Å². The van der Waals surface area contributed by atoms with Gasteiger partial charge in [-0.05, 0) is 61.2 Å². The molecule has 0 bridgehead atoms. The van der Waals surface area contributed by atoms with Crippen molar-refractivity contribution < 1.29 is 4.79 Å². The quantitative estimate of drug-likeness (QED) is 0.584. The van der Waals surface area contributed by atoms with E-state index in [1.54, 1.807) is 13.1 Å². The number of benzene rings is 2. The second-order valence-electron chi connectivity index (χ2n) is 5.80. The van der Waals surface area contributed by atoms with E-state index in [1.807, 2.05) is 44.2 Å². The number of aryl methyl sites for hydroxylation is 2. The molecule has 0 saturated carbocycles. The lowest BCUT2D eigenvalue weighted by Crippen LogP contribution is -2.23. The van der Waals surface area contributed by atoms with Crippen LogP contribution in [0.2, 0.25) is 0 Å². The number of rotatable bonds is 5. The number of nitrogens with two attached hydrogens (primary N) is 1. The van der Waals surface area contributed by atoms with Crippen LogP contribution in [0.5, 0.6) is 0 Å². The predicted molar refractivity (Wildman–Crippen MR) is 99.6 cm³/mol. The van der Waals surface area contributed by atoms with Crippen LogP contribution in [0.15, 0.2) is 47.5 Å². The van der Waals surface area contributed by atoms with Gasteiger partial charge < -0.3 is 16.4 Å². The number of aliphatic imine (C=N–C) groups is 1. The van der Waals surface area contributed by atoms with E-state index in [-0.39, 0.29) is 5.91 Å². The van der Waals surface area contributed by atoms with Gasteiger partial charge >= 0.3 is 0 Å². The summed E-state index contributed by atoms with van der Waals surface area (Å²) in [6.07, 6.45) is 0.722. The summed E-state index contributed by atoms with van der Waals surface area (Å²) in [6, 6.07) is 13.7. The van der Waals surface area contributed by atoms with E-state index in [9.17, 15) is 4.79 Å². The van der Waals surface area contributed by atoms with Gasteiger partial charge in [-0.15, -0.1) is 0 Å². The third-order valence-corrected chi connectivity index (χ3v) is 3.59. The topological polar surface area (TPSA) is 79.5 Å². The van der Waals surface area contributed by atoms with Crippen LogP contribution in [0.4, 0.5) is 5.69 Å². The molecule has 5 nitrogen and oxygen atoms in total. The molecule has 4 N–H and O–H groups in total. The van der Waals surface area contributed by atoms with Crippen LogP contribution in [0.1, 0.15) is 27.0 Å². The smallest absolute Gasteiger partial charge is 0.251 e. The first kappa shape index (κ1) is 17.5. The summed E-state index contributed by atoms with van der Waals surface area (Å²) in [6.45, 7) is 4.65. The Hall–Kier alpha value is -2.82. The van der Waals surface area contributed by atoms with Crippen molar-refractivity contribution in [1.29, 1.82) is 0 Å². The van der Waals surface area contributed by atoms with Crippen molar-refractivity contribution in [2.45, 2.75) is 20.3 Å². The Balaban J connectivity index is 1.94. The van der Waals surface area contributed by atoms with Crippen LogP contribution in [0, 0.1) is 13.8 Å². The first-order valence-electron chi connectivity index (χ1n) is 7.94. The van der Waals surface area contributed by atoms with Gasteiger partial charge in [0.25, 0.3) is 5.91 Å². The van der Waals surface area contributed by atoms with Gasteiger partial charge in [0.05, 0.1) is 0 Å². The van der Waals surface area contributed by atoms with Crippen LogP contribution in [-0.4, -0.2) is 25.5 Å². The molecule has 0 heterocycles. The van der Waals surface area contributed by atoms with Crippen molar-refractivity contribution in [3.63, 3.8) is 0 Å². The lowest BCUT2D eigenvalue weighted by atomic mass is 10.1. The number of nitrogens with zero attached hydrogens (tertiary/aromatic N) is 1. The summed E-state index contributed by atoms with van der Waals surface area (Å²) in [5.74, 6) is 0.304. The highest BCUT2D eigenvalue weighted by Gasteiger charge is 2.03. The Morgan fingerprint density at radius 2 is 1.83 bits per heavy atom. The van der Waals surface area contributed by atoms with Gasteiger partial charge in [-0.1, -0.05) is 18.2 Å². The standard InChI is InChI=1S/C19H24N4O/c1-13-9-14(2)11-17(10-13)23-19(20)22-8-7-15-5-4-6-16(12-15)18(24)21-3/h4-6,9-12H,7-8H2,1-3H3,(H,21,24)(H3,20,22,23). The maximum Gasteiger partial charge on any atom is 0.251 e. The Morgan fingerprint density at radius 3 is 2.50 bits per heavy atom. The van der Waals surface area contributed by atoms with Crippen molar-refractivity contribution in [2.24, 2.45) is 10.7 Å². The molecule has 126 valence electrons. The normalized spacial score (nSPS) is 11.2. The van der Waals surface area contributed by atoms with Crippen molar-refractivity contribution in [2.75, 3.05) is 18.9 Å². The molecular formula is C19H24N4O. The second-order valence-corrected chi connectivity index (χ2v) is 5.80. The Kier molecular flexibility index (Phi) is 5.95. The minimum atomic E-state index is -0.0867. The van der Waals surface area contributed by atoms with Gasteiger partial charge in [0.1, 0.15) is 0 Å². The Morgan fingerprint density at radius 1 is 1.12 bits per heavy atom. The van der Waals surface area contributed by atoms with Gasteiger partial charge in [-0.3, -0.25) is 9.79 Å². The minimum absolute atomic E-state index is 0.0867. The number of carbonyl (C=O) groups excluding carboxylic acids is 1. The van der Waals surface area contributed by atoms with E-state index < -0.39 is 0 Å². The number of hydrogen-bond acceptors (Lipinski definition) is 2. The van der Waals surface area contributed by atoms with Gasteiger partial charge in [0.15, 0.2) is 5.96 Å². The van der Waals surface area contributed by atoms with Crippen molar-refractivity contribution in [3.8, 4) is 0 Å². The SMILES string of the molecule is CNC(=O)c1cccc(CCN=C(N)Nc2cc(C)cc(C)c2)c1. The van der Waals surface area contributed by atoms with Crippen molar-refractivity contribution >= 4 is 17.6 Å². The fourth-order valence-electron chi connectivity index (χ4n) is 2.55. The molecule has 2 rings (SSSR count). The van der Waals surface area contributed by atoms with Gasteiger partial charge in [0.2, 0.25) is 0 Å². The number of guanidine groups is 1. The molecule has 0 radical (unpaired) electrons. The van der Waals surface area contributed by atoms with E-state index in [0.29, 0.717) is 18.1 Å². The number of hydrogen-bond donors (Lipinski definition) is 3. The Labute approximate surface area is 143 Å². The molecule has 2 aromatic carbocycles. The highest BCUT2D eigenvalue weighted by Crippen LogP contribution is 2.13. The van der Waals surface area contributed by atoms with E-state index in [4.69, 9.17) is 5.73 Å². The highest BCUT2D eigenvalue weighted by molar-refractivity contribution is 5.94. The fraction of sp³-hybridized carbons (Fsp3) is 0.263. The molecule has 1 amide bonds. The highest BCUT2D eigenvalue weighted by atomic mass is 16.1. The zero-order valence-corrected chi connectivity index (χ0v) is 14.4. The summed E-state index contributed by atoms with van der Waals surface area (Å²) in [4.78, 5) is 16.0. The summed E-state index contributed by atoms with van der Waals surface area (Å²) >= 11 is 0. The molecule has 5 heteroatoms. The average molecular weight is 324 g/mol. The molecule has 24 heavy (non-hydrogen) atoms. The third-order valence-electron chi connectivity index (χ3n) is 3.59. The van der Waals surface area contributed by atoms with Crippen LogP contribution in [-0.2, 0) is 6.42 Å². The molecule has 0 fully saturated rings. The van der Waals surface area contributed by atoms with Crippen LogP contribution >= 0.6 is 0 Å². The number of amides is 1. The van der Waals surface area contributed by atoms with Gasteiger partial charge in [-0.2, -0.15) is 0 Å². The lowest BCUT2D eigenvalue weighted by Gasteiger charge is -2.08. The average Bonchev–Trinajstić information content (AvgIpc) is 2.53. The summed E-state index contributed by atoms with van der Waals surface area (Å²) in [7, 11) is 1.62. The minimum Gasteiger partial charge on any atom is -0.370 e. The molecule has 0 aliphatic heterocycles. The molecule has 0 aliphatic carbocycles. The molecule has 0 saturated heterocycles. The Bertz CT molecular complexity index is 733. The predicted octanol–water partition coefficient (Wildman–Crippen LogP) is 2.63. The first-order valence-corrected chi connectivity index (χ1v) is 7.94. The van der Waals surface area contributed by atoms with E-state index >= 15 is 0 Å². The molecule has 0 aliphatic rings. The summed E-state index contributed by atoms with van der Waals surface area (Å²) < 4.78 is 0. The monoisotopic (exact) mass is 324 g/mol.